The van der Waals surface area contributed by atoms with Gasteiger partial charge in [0.2, 0.25) is 5.88 Å². The van der Waals surface area contributed by atoms with Crippen molar-refractivity contribution in [1.82, 2.24) is 14.0 Å². The highest BCUT2D eigenvalue weighted by molar-refractivity contribution is 5.91. The van der Waals surface area contributed by atoms with E-state index in [1.807, 2.05) is 18.2 Å². The minimum Gasteiger partial charge on any atom is -0.493 e. The third kappa shape index (κ3) is 3.91. The molecular weight excluding hydrogens is 530 g/mol. The largest absolute Gasteiger partial charge is 0.493 e. The first kappa shape index (κ1) is 24.9. The molecule has 39 heavy (non-hydrogen) atoms. The zero-order valence-corrected chi connectivity index (χ0v) is 19.7. The number of aromatic nitrogens is 2. The number of hydrogen-bond acceptors (Lipinski definition) is 3. The Morgan fingerprint density at radius 2 is 1.56 bits per heavy atom. The molecule has 1 unspecified atom stereocenters. The maximum absolute atomic E-state index is 13.4. The smallest absolute Gasteiger partial charge is 0.416 e. The molecular formula is C26H18F6N4O3. The number of carbonyl (C=O) groups excluding carboxylic acids is 1. The van der Waals surface area contributed by atoms with E-state index in [1.165, 1.54) is 9.47 Å². The second-order valence-corrected chi connectivity index (χ2v) is 9.48. The van der Waals surface area contributed by atoms with Crippen LogP contribution in [0.25, 0.3) is 16.5 Å². The number of rotatable bonds is 2. The minimum atomic E-state index is -5.07. The Morgan fingerprint density at radius 3 is 2.23 bits per heavy atom. The van der Waals surface area contributed by atoms with E-state index in [2.05, 4.69) is 5.32 Å². The third-order valence-corrected chi connectivity index (χ3v) is 7.16. The Bertz CT molecular complexity index is 1670. The van der Waals surface area contributed by atoms with E-state index in [0.717, 1.165) is 9.95 Å². The Labute approximate surface area is 215 Å². The first-order valence-corrected chi connectivity index (χ1v) is 11.8. The van der Waals surface area contributed by atoms with Gasteiger partial charge >= 0.3 is 24.1 Å². The zero-order valence-electron chi connectivity index (χ0n) is 19.7. The molecule has 2 atom stereocenters. The predicted molar refractivity (Wildman–Crippen MR) is 128 cm³/mol. The molecule has 6 rings (SSSR count). The van der Waals surface area contributed by atoms with Crippen molar-refractivity contribution in [2.45, 2.75) is 30.9 Å². The lowest BCUT2D eigenvalue weighted by Gasteiger charge is -2.28. The van der Waals surface area contributed by atoms with Crippen molar-refractivity contribution in [1.29, 1.82) is 0 Å². The van der Waals surface area contributed by atoms with Crippen molar-refractivity contribution >= 4 is 22.5 Å². The lowest BCUT2D eigenvalue weighted by atomic mass is 10.1. The topological polar surface area (TPSA) is 79.5 Å². The van der Waals surface area contributed by atoms with Crippen molar-refractivity contribution in [3.8, 4) is 11.6 Å². The fraction of sp³-hybridized carbons (Fsp3) is 0.231. The number of benzene rings is 3. The Morgan fingerprint density at radius 1 is 0.923 bits per heavy atom. The summed E-state index contributed by atoms with van der Waals surface area (Å²) < 4.78 is 81.9. The van der Waals surface area contributed by atoms with E-state index in [9.17, 15) is 41.0 Å². The van der Waals surface area contributed by atoms with E-state index in [1.54, 1.807) is 24.3 Å². The van der Waals surface area contributed by atoms with Crippen LogP contribution in [0, 0.1) is 0 Å². The molecule has 1 aromatic heterocycles. The van der Waals surface area contributed by atoms with Gasteiger partial charge in [0.1, 0.15) is 5.69 Å². The Kier molecular flexibility index (Phi) is 5.29. The summed E-state index contributed by atoms with van der Waals surface area (Å²) in [4.78, 5) is 27.6. The number of anilines is 1. The molecule has 202 valence electrons. The summed E-state index contributed by atoms with van der Waals surface area (Å²) in [6.45, 7) is -0.0204. The number of alkyl halides is 6. The van der Waals surface area contributed by atoms with E-state index < -0.39 is 53.0 Å². The van der Waals surface area contributed by atoms with Gasteiger partial charge in [0.25, 0.3) is 0 Å². The molecule has 3 aromatic carbocycles. The molecule has 3 heterocycles. The molecule has 0 radical (unpaired) electrons. The second-order valence-electron chi connectivity index (χ2n) is 9.48. The summed E-state index contributed by atoms with van der Waals surface area (Å²) in [5.74, 6) is -0.389. The normalized spacial score (nSPS) is 18.6. The van der Waals surface area contributed by atoms with Crippen LogP contribution in [0.4, 0.5) is 36.8 Å². The van der Waals surface area contributed by atoms with E-state index in [4.69, 9.17) is 0 Å². The van der Waals surface area contributed by atoms with Crippen molar-refractivity contribution in [3.05, 3.63) is 88.0 Å². The quantitative estimate of drug-likeness (QED) is 0.299. The van der Waals surface area contributed by atoms with E-state index in [0.29, 0.717) is 23.2 Å². The molecule has 1 fully saturated rings. The molecule has 2 aliphatic rings. The zero-order chi connectivity index (χ0) is 27.9. The van der Waals surface area contributed by atoms with Gasteiger partial charge in [0.15, 0.2) is 0 Å². The average Bonchev–Trinajstić information content (AvgIpc) is 3.54. The van der Waals surface area contributed by atoms with Gasteiger partial charge in [-0.3, -0.25) is 4.57 Å². The first-order valence-electron chi connectivity index (χ1n) is 11.8. The molecule has 1 saturated heterocycles. The van der Waals surface area contributed by atoms with Crippen LogP contribution in [0.1, 0.15) is 35.3 Å². The number of halogens is 6. The Balaban J connectivity index is 1.35. The number of nitrogens with one attached hydrogen (secondary N) is 1. The lowest BCUT2D eigenvalue weighted by Crippen LogP contribution is -2.40. The van der Waals surface area contributed by atoms with Gasteiger partial charge in [0.05, 0.1) is 28.9 Å². The van der Waals surface area contributed by atoms with Crippen LogP contribution in [0.3, 0.4) is 0 Å². The average molecular weight is 548 g/mol. The van der Waals surface area contributed by atoms with E-state index >= 15 is 0 Å². The lowest BCUT2D eigenvalue weighted by molar-refractivity contribution is -0.143. The monoisotopic (exact) mass is 548 g/mol. The number of imidazole rings is 1. The van der Waals surface area contributed by atoms with Gasteiger partial charge < -0.3 is 15.3 Å². The summed E-state index contributed by atoms with van der Waals surface area (Å²) in [6.07, 6.45) is -9.88. The van der Waals surface area contributed by atoms with Crippen molar-refractivity contribution < 1.29 is 36.2 Å². The number of amides is 2. The number of carbonyl (C=O) groups is 1. The summed E-state index contributed by atoms with van der Waals surface area (Å²) in [5, 5.41) is 14.8. The second kappa shape index (κ2) is 8.29. The number of hydrogen-bond donors (Lipinski definition) is 2. The van der Waals surface area contributed by atoms with Crippen LogP contribution < -0.4 is 11.0 Å². The highest BCUT2D eigenvalue weighted by Crippen LogP contribution is 2.49. The first-order chi connectivity index (χ1) is 18.3. The van der Waals surface area contributed by atoms with Gasteiger partial charge in [-0.25, -0.2) is 14.2 Å². The van der Waals surface area contributed by atoms with Gasteiger partial charge in [0, 0.05) is 17.6 Å². The minimum absolute atomic E-state index is 0.0204. The van der Waals surface area contributed by atoms with Gasteiger partial charge in [-0.15, -0.1) is 0 Å². The highest BCUT2D eigenvalue weighted by atomic mass is 19.4. The standard InChI is InChI=1S/C26H18F6N4O3/c27-25(28,29)14-8-15(26(30,31)32)10-16(9-14)33-23(38)34-12-17-11-20(34)21-22(37)36(24(39)35(17)21)19-7-3-5-13-4-1-2-6-18(13)19/h1-10,17,20,37H,11-12H2,(H,33,38)/t17-,20?/m1/s1. The van der Waals surface area contributed by atoms with Crippen molar-refractivity contribution in [3.63, 3.8) is 0 Å². The maximum Gasteiger partial charge on any atom is 0.416 e. The van der Waals surface area contributed by atoms with Crippen molar-refractivity contribution in [2.75, 3.05) is 11.9 Å². The fourth-order valence-corrected chi connectivity index (χ4v) is 5.51. The highest BCUT2D eigenvalue weighted by Gasteiger charge is 2.49. The summed E-state index contributed by atoms with van der Waals surface area (Å²) in [6, 6.07) is 11.0. The van der Waals surface area contributed by atoms with Crippen LogP contribution in [0.2, 0.25) is 0 Å². The fourth-order valence-electron chi connectivity index (χ4n) is 5.51. The van der Waals surface area contributed by atoms with E-state index in [-0.39, 0.29) is 30.6 Å². The molecule has 0 saturated carbocycles. The van der Waals surface area contributed by atoms with Gasteiger partial charge in [-0.05, 0) is 36.1 Å². The third-order valence-electron chi connectivity index (χ3n) is 7.16. The summed E-state index contributed by atoms with van der Waals surface area (Å²) in [5.41, 5.74) is -3.74. The number of urea groups is 1. The molecule has 13 heteroatoms. The Hall–Kier alpha value is -4.42. The van der Waals surface area contributed by atoms with Crippen LogP contribution in [-0.4, -0.2) is 31.7 Å². The van der Waals surface area contributed by atoms with Gasteiger partial charge in [-0.1, -0.05) is 36.4 Å². The number of nitrogens with zero attached hydrogens (tertiary/aromatic N) is 3. The molecule has 7 nitrogen and oxygen atoms in total. The predicted octanol–water partition coefficient (Wildman–Crippen LogP) is 6.07. The summed E-state index contributed by atoms with van der Waals surface area (Å²) >= 11 is 0. The van der Waals surface area contributed by atoms with Crippen LogP contribution in [0.5, 0.6) is 5.88 Å². The molecule has 0 spiro atoms. The number of likely N-dealkylation sites (tertiary alicyclic amines) is 1. The summed E-state index contributed by atoms with van der Waals surface area (Å²) in [7, 11) is 0. The SMILES string of the molecule is O=C(Nc1cc(C(F)(F)F)cc(C(F)(F)F)c1)N1C[C@H]2CC1c1c(O)n(-c3cccc4ccccc34)c(=O)n12. The van der Waals surface area contributed by atoms with Crippen LogP contribution in [0.15, 0.2) is 65.5 Å². The maximum atomic E-state index is 13.4. The van der Waals surface area contributed by atoms with Crippen LogP contribution >= 0.6 is 0 Å². The molecule has 4 aromatic rings. The van der Waals surface area contributed by atoms with Crippen molar-refractivity contribution in [2.24, 2.45) is 0 Å². The number of aromatic hydroxyl groups is 1. The van der Waals surface area contributed by atoms with Gasteiger partial charge in [-0.2, -0.15) is 26.3 Å². The van der Waals surface area contributed by atoms with Crippen LogP contribution in [-0.2, 0) is 12.4 Å². The molecule has 2 amide bonds. The molecule has 2 aliphatic heterocycles. The molecule has 2 N–H and O–H groups in total. The molecule has 2 bridgehead atoms. The number of fused-ring (bicyclic) bond motifs is 6. The molecule has 0 aliphatic carbocycles.